The Labute approximate surface area is 198 Å². The second-order valence-corrected chi connectivity index (χ2v) is 9.79. The molecule has 0 saturated heterocycles. The first kappa shape index (κ1) is 24.9. The molecule has 3 aromatic rings. The molecule has 0 radical (unpaired) electrons. The molecule has 11 nitrogen and oxygen atoms in total. The lowest BCUT2D eigenvalue weighted by Crippen LogP contribution is -2.29. The molecule has 0 atom stereocenters. The summed E-state index contributed by atoms with van der Waals surface area (Å²) in [6.45, 7) is 3.47. The summed E-state index contributed by atoms with van der Waals surface area (Å²) < 4.78 is 27.7. The van der Waals surface area contributed by atoms with E-state index in [-0.39, 0.29) is 23.9 Å². The van der Waals surface area contributed by atoms with Crippen molar-refractivity contribution in [2.24, 2.45) is 10.9 Å². The molecule has 0 saturated carbocycles. The number of carbonyl (C=O) groups excluding carboxylic acids is 1. The van der Waals surface area contributed by atoms with Crippen LogP contribution in [0.4, 0.5) is 0 Å². The largest absolute Gasteiger partial charge is 0.384 e. The zero-order valence-corrected chi connectivity index (χ0v) is 20.2. The first-order valence-corrected chi connectivity index (χ1v) is 11.8. The number of nitrogens with one attached hydrogen (secondary N) is 1. The van der Waals surface area contributed by atoms with Crippen molar-refractivity contribution in [1.82, 2.24) is 24.4 Å². The van der Waals surface area contributed by atoms with Crippen molar-refractivity contribution in [2.75, 3.05) is 20.7 Å². The topological polar surface area (TPSA) is 145 Å². The molecule has 3 rings (SSSR count). The van der Waals surface area contributed by atoms with Crippen LogP contribution in [-0.4, -0.2) is 59.9 Å². The number of oxime groups is 1. The maximum atomic E-state index is 12.4. The highest BCUT2D eigenvalue weighted by molar-refractivity contribution is 7.89. The molecule has 2 aromatic heterocycles. The van der Waals surface area contributed by atoms with Gasteiger partial charge in [-0.1, -0.05) is 23.4 Å². The van der Waals surface area contributed by atoms with Gasteiger partial charge >= 0.3 is 0 Å². The first-order valence-electron chi connectivity index (χ1n) is 10.3. The summed E-state index contributed by atoms with van der Waals surface area (Å²) >= 11 is 0. The molecule has 0 unspecified atom stereocenters. The molecule has 0 aliphatic rings. The number of sulfonamides is 1. The molecule has 0 aliphatic carbocycles. The van der Waals surface area contributed by atoms with E-state index in [1.807, 2.05) is 19.9 Å². The van der Waals surface area contributed by atoms with Gasteiger partial charge in [0.05, 0.1) is 10.6 Å². The second-order valence-electron chi connectivity index (χ2n) is 7.67. The van der Waals surface area contributed by atoms with Crippen molar-refractivity contribution in [3.63, 3.8) is 0 Å². The van der Waals surface area contributed by atoms with Crippen LogP contribution in [-0.2, 0) is 26.2 Å². The van der Waals surface area contributed by atoms with Gasteiger partial charge in [-0.05, 0) is 43.7 Å². The van der Waals surface area contributed by atoms with Gasteiger partial charge in [0.25, 0.3) is 5.91 Å². The first-order chi connectivity index (χ1) is 16.1. The summed E-state index contributed by atoms with van der Waals surface area (Å²) in [5.74, 6) is 0.216. The minimum Gasteiger partial charge on any atom is -0.384 e. The summed E-state index contributed by atoms with van der Waals surface area (Å²) in [6, 6.07) is 11.9. The lowest BCUT2D eigenvalue weighted by molar-refractivity contribution is -0.125. The van der Waals surface area contributed by atoms with Crippen molar-refractivity contribution in [2.45, 2.75) is 25.3 Å². The number of aromatic nitrogens is 3. The van der Waals surface area contributed by atoms with Gasteiger partial charge in [0, 0.05) is 38.1 Å². The highest BCUT2D eigenvalue weighted by Crippen LogP contribution is 2.18. The number of rotatable bonds is 9. The van der Waals surface area contributed by atoms with E-state index in [0.29, 0.717) is 16.9 Å². The molecule has 0 spiro atoms. The molecule has 1 aromatic carbocycles. The molecule has 34 heavy (non-hydrogen) atoms. The zero-order valence-electron chi connectivity index (χ0n) is 19.4. The Morgan fingerprint density at radius 3 is 2.56 bits per heavy atom. The number of nitrogens with zero attached hydrogens (tertiary/aromatic N) is 5. The molecule has 12 heteroatoms. The van der Waals surface area contributed by atoms with Gasteiger partial charge in [-0.25, -0.2) is 22.4 Å². The number of benzene rings is 1. The number of nitrogens with two attached hydrogens (primary N) is 1. The van der Waals surface area contributed by atoms with E-state index in [1.165, 1.54) is 26.4 Å². The Balaban J connectivity index is 1.56. The minimum absolute atomic E-state index is 0.0162. The number of amides is 1. The average Bonchev–Trinajstić information content (AvgIpc) is 3.15. The van der Waals surface area contributed by atoms with Crippen molar-refractivity contribution >= 4 is 21.8 Å². The summed E-state index contributed by atoms with van der Waals surface area (Å²) in [5, 5.41) is 10.8. The highest BCUT2D eigenvalue weighted by atomic mass is 32.2. The van der Waals surface area contributed by atoms with Gasteiger partial charge in [-0.2, -0.15) is 5.10 Å². The van der Waals surface area contributed by atoms with E-state index in [9.17, 15) is 13.2 Å². The summed E-state index contributed by atoms with van der Waals surface area (Å²) in [4.78, 5) is 21.7. The van der Waals surface area contributed by atoms with Crippen LogP contribution < -0.4 is 11.1 Å². The van der Waals surface area contributed by atoms with E-state index < -0.39 is 15.9 Å². The number of carbonyl (C=O) groups is 1. The van der Waals surface area contributed by atoms with Crippen molar-refractivity contribution < 1.29 is 18.0 Å². The zero-order chi connectivity index (χ0) is 24.9. The van der Waals surface area contributed by atoms with Crippen molar-refractivity contribution in [3.05, 3.63) is 71.2 Å². The van der Waals surface area contributed by atoms with Gasteiger partial charge in [-0.15, -0.1) is 0 Å². The van der Waals surface area contributed by atoms with Crippen LogP contribution in [0.5, 0.6) is 0 Å². The predicted molar refractivity (Wildman–Crippen MR) is 127 cm³/mol. The van der Waals surface area contributed by atoms with Crippen LogP contribution in [0.3, 0.4) is 0 Å². The summed E-state index contributed by atoms with van der Waals surface area (Å²) in [7, 11) is -0.740. The Morgan fingerprint density at radius 2 is 1.94 bits per heavy atom. The molecule has 2 heterocycles. The van der Waals surface area contributed by atoms with E-state index >= 15 is 0 Å². The third kappa shape index (κ3) is 5.77. The van der Waals surface area contributed by atoms with Gasteiger partial charge in [-0.3, -0.25) is 4.79 Å². The van der Waals surface area contributed by atoms with E-state index in [1.54, 1.807) is 35.0 Å². The second kappa shape index (κ2) is 10.4. The highest BCUT2D eigenvalue weighted by Gasteiger charge is 2.20. The van der Waals surface area contributed by atoms with Gasteiger partial charge in [0.2, 0.25) is 10.0 Å². The standard InChI is InChI=1S/C22H27N7O4S/c1-15-11-16(2)29(26-15)20-10-9-18(13-24-20)22(23)27-33-14-21(30)25-12-17-7-5-6-8-19(17)34(31,32)28(3)4/h5-11,13H,12,14H2,1-4H3,(H2,23,27)(H,25,30). The number of amidine groups is 1. The van der Waals surface area contributed by atoms with E-state index in [0.717, 1.165) is 15.7 Å². The summed E-state index contributed by atoms with van der Waals surface area (Å²) in [5.41, 5.74) is 8.75. The van der Waals surface area contributed by atoms with Crippen LogP contribution >= 0.6 is 0 Å². The predicted octanol–water partition coefficient (Wildman–Crippen LogP) is 1.09. The molecular formula is C22H27N7O4S. The average molecular weight is 486 g/mol. The number of aryl methyl sites for hydroxylation is 2. The van der Waals surface area contributed by atoms with Crippen LogP contribution in [0.25, 0.3) is 5.82 Å². The number of hydrogen-bond acceptors (Lipinski definition) is 7. The third-order valence-electron chi connectivity index (χ3n) is 4.84. The van der Waals surface area contributed by atoms with Crippen molar-refractivity contribution in [1.29, 1.82) is 0 Å². The van der Waals surface area contributed by atoms with Gasteiger partial charge in [0.1, 0.15) is 0 Å². The quantitative estimate of drug-likeness (QED) is 0.262. The maximum absolute atomic E-state index is 12.4. The molecule has 3 N–H and O–H groups in total. The fourth-order valence-electron chi connectivity index (χ4n) is 3.08. The Kier molecular flexibility index (Phi) is 7.64. The van der Waals surface area contributed by atoms with Crippen LogP contribution in [0.2, 0.25) is 0 Å². The molecule has 0 aliphatic heterocycles. The molecule has 1 amide bonds. The van der Waals surface area contributed by atoms with Crippen LogP contribution in [0, 0.1) is 13.8 Å². The van der Waals surface area contributed by atoms with E-state index in [4.69, 9.17) is 10.6 Å². The molecular weight excluding hydrogens is 458 g/mol. The fourth-order valence-corrected chi connectivity index (χ4v) is 4.20. The minimum atomic E-state index is -3.64. The maximum Gasteiger partial charge on any atom is 0.261 e. The molecule has 0 fully saturated rings. The smallest absolute Gasteiger partial charge is 0.261 e. The fraction of sp³-hybridized carbons (Fsp3) is 0.273. The summed E-state index contributed by atoms with van der Waals surface area (Å²) in [6.07, 6.45) is 1.54. The lowest BCUT2D eigenvalue weighted by Gasteiger charge is -2.15. The monoisotopic (exact) mass is 485 g/mol. The van der Waals surface area contributed by atoms with Gasteiger partial charge in [0.15, 0.2) is 18.3 Å². The molecule has 0 bridgehead atoms. The lowest BCUT2D eigenvalue weighted by atomic mass is 10.2. The van der Waals surface area contributed by atoms with Crippen molar-refractivity contribution in [3.8, 4) is 5.82 Å². The Morgan fingerprint density at radius 1 is 1.21 bits per heavy atom. The Hall–Kier alpha value is -3.77. The normalized spacial score (nSPS) is 12.1. The van der Waals surface area contributed by atoms with Crippen LogP contribution in [0.1, 0.15) is 22.5 Å². The Bertz CT molecular complexity index is 1300. The number of pyridine rings is 1. The van der Waals surface area contributed by atoms with Gasteiger partial charge < -0.3 is 15.9 Å². The SMILES string of the molecule is Cc1cc(C)n(-c2ccc(/C(N)=N\OCC(=O)NCc3ccccc3S(=O)(=O)N(C)C)cn2)n1. The third-order valence-corrected chi connectivity index (χ3v) is 6.75. The van der Waals surface area contributed by atoms with E-state index in [2.05, 4.69) is 20.6 Å². The molecule has 180 valence electrons. The number of hydrogen-bond donors (Lipinski definition) is 2. The van der Waals surface area contributed by atoms with Crippen LogP contribution in [0.15, 0.2) is 58.7 Å².